The summed E-state index contributed by atoms with van der Waals surface area (Å²) >= 11 is 1.56. The molecule has 0 unspecified atom stereocenters. The molecule has 0 saturated carbocycles. The van der Waals surface area contributed by atoms with Crippen LogP contribution < -0.4 is 0 Å². The predicted octanol–water partition coefficient (Wildman–Crippen LogP) is 2.62. The molecule has 0 aliphatic rings. The van der Waals surface area contributed by atoms with Crippen molar-refractivity contribution in [2.24, 2.45) is 5.16 Å². The summed E-state index contributed by atoms with van der Waals surface area (Å²) in [7, 11) is 0. The van der Waals surface area contributed by atoms with E-state index in [0.717, 1.165) is 15.3 Å². The van der Waals surface area contributed by atoms with Crippen LogP contribution in [0.2, 0.25) is 0 Å². The summed E-state index contributed by atoms with van der Waals surface area (Å²) in [6.07, 6.45) is 4.98. The Kier molecular flexibility index (Phi) is 2.55. The first-order valence-corrected chi connectivity index (χ1v) is 4.89. The van der Waals surface area contributed by atoms with Crippen molar-refractivity contribution in [1.29, 1.82) is 0 Å². The van der Waals surface area contributed by atoms with E-state index < -0.39 is 0 Å². The van der Waals surface area contributed by atoms with Crippen LogP contribution in [0.15, 0.2) is 41.8 Å². The monoisotopic (exact) mass is 204 g/mol. The molecule has 2 aromatic heterocycles. The molecule has 0 atom stereocenters. The van der Waals surface area contributed by atoms with Gasteiger partial charge in [0.05, 0.1) is 6.21 Å². The van der Waals surface area contributed by atoms with Crippen LogP contribution in [0.25, 0.3) is 10.4 Å². The Morgan fingerprint density at radius 3 is 3.00 bits per heavy atom. The third-order valence-corrected chi connectivity index (χ3v) is 2.83. The standard InChI is InChI=1S/C10H8N2OS/c13-12-7-9-3-4-10(14-9)8-2-1-5-11-6-8/h1-7,13H/b12-7+. The van der Waals surface area contributed by atoms with Gasteiger partial charge in [-0.3, -0.25) is 4.98 Å². The summed E-state index contributed by atoms with van der Waals surface area (Å²) < 4.78 is 0. The zero-order valence-corrected chi connectivity index (χ0v) is 8.11. The van der Waals surface area contributed by atoms with Gasteiger partial charge in [0, 0.05) is 27.7 Å². The van der Waals surface area contributed by atoms with Crippen molar-refractivity contribution in [2.75, 3.05) is 0 Å². The average Bonchev–Trinajstić information content (AvgIpc) is 2.68. The van der Waals surface area contributed by atoms with Crippen LogP contribution in [0.1, 0.15) is 4.88 Å². The lowest BCUT2D eigenvalue weighted by atomic mass is 10.2. The maximum atomic E-state index is 8.36. The van der Waals surface area contributed by atoms with Gasteiger partial charge in [-0.1, -0.05) is 11.2 Å². The Morgan fingerprint density at radius 2 is 2.29 bits per heavy atom. The number of thiophene rings is 1. The highest BCUT2D eigenvalue weighted by Gasteiger charge is 2.00. The highest BCUT2D eigenvalue weighted by Crippen LogP contribution is 2.26. The van der Waals surface area contributed by atoms with Gasteiger partial charge < -0.3 is 5.21 Å². The van der Waals surface area contributed by atoms with Crippen LogP contribution in [0.3, 0.4) is 0 Å². The van der Waals surface area contributed by atoms with Crippen molar-refractivity contribution >= 4 is 17.6 Å². The molecule has 0 aliphatic heterocycles. The van der Waals surface area contributed by atoms with Crippen molar-refractivity contribution in [3.8, 4) is 10.4 Å². The van der Waals surface area contributed by atoms with E-state index in [1.54, 1.807) is 17.5 Å². The molecule has 0 aromatic carbocycles. The molecule has 0 fully saturated rings. The molecule has 4 heteroatoms. The first kappa shape index (κ1) is 8.90. The molecule has 2 heterocycles. The lowest BCUT2D eigenvalue weighted by Crippen LogP contribution is -1.72. The third kappa shape index (κ3) is 1.80. The Labute approximate surface area is 85.4 Å². The molecule has 0 aliphatic carbocycles. The number of oxime groups is 1. The fourth-order valence-corrected chi connectivity index (χ4v) is 2.01. The van der Waals surface area contributed by atoms with Crippen LogP contribution in [0.5, 0.6) is 0 Å². The van der Waals surface area contributed by atoms with Crippen LogP contribution in [-0.2, 0) is 0 Å². The maximum absolute atomic E-state index is 8.36. The largest absolute Gasteiger partial charge is 0.411 e. The van der Waals surface area contributed by atoms with E-state index in [4.69, 9.17) is 5.21 Å². The molecule has 0 amide bonds. The normalized spacial score (nSPS) is 10.9. The molecule has 0 radical (unpaired) electrons. The second-order valence-corrected chi connectivity index (χ2v) is 3.80. The minimum Gasteiger partial charge on any atom is -0.411 e. The summed E-state index contributed by atoms with van der Waals surface area (Å²) in [6.45, 7) is 0. The molecule has 0 spiro atoms. The van der Waals surface area contributed by atoms with Crippen molar-refractivity contribution in [3.63, 3.8) is 0 Å². The van der Waals surface area contributed by atoms with Crippen molar-refractivity contribution < 1.29 is 5.21 Å². The van der Waals surface area contributed by atoms with Gasteiger partial charge in [0.2, 0.25) is 0 Å². The molecule has 2 rings (SSSR count). The lowest BCUT2D eigenvalue weighted by molar-refractivity contribution is 0.322. The summed E-state index contributed by atoms with van der Waals surface area (Å²) in [4.78, 5) is 6.08. The van der Waals surface area contributed by atoms with E-state index in [0.29, 0.717) is 0 Å². The summed E-state index contributed by atoms with van der Waals surface area (Å²) in [5, 5.41) is 11.3. The van der Waals surface area contributed by atoms with E-state index in [1.165, 1.54) is 6.21 Å². The summed E-state index contributed by atoms with van der Waals surface area (Å²) in [5.74, 6) is 0. The number of nitrogens with zero attached hydrogens (tertiary/aromatic N) is 2. The van der Waals surface area contributed by atoms with Crippen LogP contribution in [-0.4, -0.2) is 16.4 Å². The minimum atomic E-state index is 0.923. The van der Waals surface area contributed by atoms with E-state index in [2.05, 4.69) is 10.1 Å². The molecule has 3 nitrogen and oxygen atoms in total. The van der Waals surface area contributed by atoms with E-state index in [9.17, 15) is 0 Å². The number of aromatic nitrogens is 1. The SMILES string of the molecule is O/N=C/c1ccc(-c2cccnc2)s1. The quantitative estimate of drug-likeness (QED) is 0.464. The third-order valence-electron chi connectivity index (χ3n) is 1.76. The van der Waals surface area contributed by atoms with Crippen molar-refractivity contribution in [1.82, 2.24) is 4.98 Å². The predicted molar refractivity (Wildman–Crippen MR) is 56.9 cm³/mol. The van der Waals surface area contributed by atoms with Gasteiger partial charge in [0.1, 0.15) is 0 Å². The first-order valence-electron chi connectivity index (χ1n) is 4.08. The van der Waals surface area contributed by atoms with E-state index >= 15 is 0 Å². The molecular weight excluding hydrogens is 196 g/mol. The first-order chi connectivity index (χ1) is 6.90. The van der Waals surface area contributed by atoms with Gasteiger partial charge in [-0.05, 0) is 18.2 Å². The zero-order chi connectivity index (χ0) is 9.80. The number of hydrogen-bond donors (Lipinski definition) is 1. The van der Waals surface area contributed by atoms with Crippen LogP contribution in [0.4, 0.5) is 0 Å². The van der Waals surface area contributed by atoms with Crippen molar-refractivity contribution in [2.45, 2.75) is 0 Å². The number of hydrogen-bond acceptors (Lipinski definition) is 4. The fraction of sp³-hybridized carbons (Fsp3) is 0. The molecule has 0 bridgehead atoms. The van der Waals surface area contributed by atoms with Gasteiger partial charge in [0.15, 0.2) is 0 Å². The topological polar surface area (TPSA) is 45.5 Å². The van der Waals surface area contributed by atoms with E-state index in [1.807, 2.05) is 30.5 Å². The van der Waals surface area contributed by atoms with Crippen LogP contribution >= 0.6 is 11.3 Å². The number of rotatable bonds is 2. The molecule has 1 N–H and O–H groups in total. The Balaban J connectivity index is 2.34. The van der Waals surface area contributed by atoms with Gasteiger partial charge in [-0.15, -0.1) is 11.3 Å². The second kappa shape index (κ2) is 4.02. The lowest BCUT2D eigenvalue weighted by Gasteiger charge is -1.93. The van der Waals surface area contributed by atoms with E-state index in [-0.39, 0.29) is 0 Å². The Morgan fingerprint density at radius 1 is 1.36 bits per heavy atom. The highest BCUT2D eigenvalue weighted by molar-refractivity contribution is 7.17. The Hall–Kier alpha value is -1.68. The second-order valence-electron chi connectivity index (χ2n) is 2.69. The van der Waals surface area contributed by atoms with Gasteiger partial charge >= 0.3 is 0 Å². The minimum absolute atomic E-state index is 0.923. The van der Waals surface area contributed by atoms with Gasteiger partial charge in [-0.2, -0.15) is 0 Å². The molecular formula is C10H8N2OS. The van der Waals surface area contributed by atoms with Gasteiger partial charge in [-0.25, -0.2) is 0 Å². The number of pyridine rings is 1. The van der Waals surface area contributed by atoms with Crippen LogP contribution in [0, 0.1) is 0 Å². The van der Waals surface area contributed by atoms with Crippen molar-refractivity contribution in [3.05, 3.63) is 41.5 Å². The maximum Gasteiger partial charge on any atom is 0.0833 e. The molecule has 0 saturated heterocycles. The summed E-state index contributed by atoms with van der Waals surface area (Å²) in [5.41, 5.74) is 1.08. The smallest absolute Gasteiger partial charge is 0.0833 e. The average molecular weight is 204 g/mol. The molecule has 2 aromatic rings. The zero-order valence-electron chi connectivity index (χ0n) is 7.29. The Bertz CT molecular complexity index is 436. The molecule has 70 valence electrons. The fourth-order valence-electron chi connectivity index (χ4n) is 1.14. The molecule has 14 heavy (non-hydrogen) atoms. The highest BCUT2D eigenvalue weighted by atomic mass is 32.1. The summed E-state index contributed by atoms with van der Waals surface area (Å²) in [6, 6.07) is 7.79. The van der Waals surface area contributed by atoms with Gasteiger partial charge in [0.25, 0.3) is 0 Å².